The summed E-state index contributed by atoms with van der Waals surface area (Å²) in [6.45, 7) is 6.05. The van der Waals surface area contributed by atoms with Gasteiger partial charge in [0.15, 0.2) is 0 Å². The molecule has 0 aromatic heterocycles. The highest BCUT2D eigenvalue weighted by molar-refractivity contribution is 5.71. The average molecular weight is 208 g/mol. The maximum Gasteiger partial charge on any atom is 0.148 e. The second-order valence-corrected chi connectivity index (χ2v) is 3.98. The summed E-state index contributed by atoms with van der Waals surface area (Å²) in [6.07, 6.45) is 1.04. The minimum absolute atomic E-state index is 0.153. The van der Waals surface area contributed by atoms with Crippen molar-refractivity contribution in [2.24, 2.45) is 0 Å². The van der Waals surface area contributed by atoms with E-state index in [1.54, 1.807) is 6.07 Å². The zero-order valence-corrected chi connectivity index (χ0v) is 9.26. The van der Waals surface area contributed by atoms with Crippen LogP contribution < -0.4 is 10.2 Å². The normalized spacial score (nSPS) is 20.5. The van der Waals surface area contributed by atoms with E-state index < -0.39 is 0 Å². The van der Waals surface area contributed by atoms with Crippen LogP contribution in [0.15, 0.2) is 18.2 Å². The molecule has 1 N–H and O–H groups in total. The third-order valence-corrected chi connectivity index (χ3v) is 3.04. The van der Waals surface area contributed by atoms with Gasteiger partial charge in [-0.1, -0.05) is 6.07 Å². The first-order valence-corrected chi connectivity index (χ1v) is 5.53. The molecular weight excluding hydrogens is 191 g/mol. The molecule has 1 atom stereocenters. The van der Waals surface area contributed by atoms with Gasteiger partial charge in [0, 0.05) is 19.1 Å². The Balaban J connectivity index is 2.47. The molecule has 15 heavy (non-hydrogen) atoms. The highest BCUT2D eigenvalue weighted by Gasteiger charge is 2.21. The summed E-state index contributed by atoms with van der Waals surface area (Å²) in [6, 6.07) is 5.73. The van der Waals surface area contributed by atoms with Crippen LogP contribution >= 0.6 is 0 Å². The molecule has 1 aromatic carbocycles. The summed E-state index contributed by atoms with van der Waals surface area (Å²) in [7, 11) is 0. The van der Waals surface area contributed by atoms with Crippen molar-refractivity contribution in [1.29, 1.82) is 0 Å². The Kier molecular flexibility index (Phi) is 2.80. The molecule has 82 valence electrons. The number of fused-ring (bicyclic) bond motifs is 1. The Morgan fingerprint density at radius 3 is 3.07 bits per heavy atom. The molecule has 0 saturated heterocycles. The van der Waals surface area contributed by atoms with Crippen molar-refractivity contribution in [3.8, 4) is 0 Å². The van der Waals surface area contributed by atoms with Gasteiger partial charge in [0.05, 0.1) is 11.4 Å². The van der Waals surface area contributed by atoms with Crippen LogP contribution in [0.25, 0.3) is 0 Å². The molecule has 1 aliphatic rings. The van der Waals surface area contributed by atoms with E-state index in [-0.39, 0.29) is 5.82 Å². The number of benzene rings is 1. The van der Waals surface area contributed by atoms with Crippen LogP contribution in [0.4, 0.5) is 15.8 Å². The number of nitrogens with zero attached hydrogens (tertiary/aromatic N) is 1. The van der Waals surface area contributed by atoms with Crippen LogP contribution in [0.3, 0.4) is 0 Å². The number of hydrogen-bond acceptors (Lipinski definition) is 2. The summed E-state index contributed by atoms with van der Waals surface area (Å²) in [4.78, 5) is 2.25. The van der Waals surface area contributed by atoms with E-state index >= 15 is 0 Å². The van der Waals surface area contributed by atoms with E-state index in [1.807, 2.05) is 6.07 Å². The first-order chi connectivity index (χ1) is 7.24. The fourth-order valence-corrected chi connectivity index (χ4v) is 2.21. The lowest BCUT2D eigenvalue weighted by Crippen LogP contribution is -2.32. The number of nitrogens with one attached hydrogen (secondary N) is 1. The van der Waals surface area contributed by atoms with Gasteiger partial charge in [0.2, 0.25) is 0 Å². The van der Waals surface area contributed by atoms with Crippen LogP contribution in [0.5, 0.6) is 0 Å². The largest absolute Gasteiger partial charge is 0.381 e. The van der Waals surface area contributed by atoms with Crippen molar-refractivity contribution < 1.29 is 4.39 Å². The van der Waals surface area contributed by atoms with Gasteiger partial charge in [0.25, 0.3) is 0 Å². The average Bonchev–Trinajstić information content (AvgIpc) is 2.38. The second-order valence-electron chi connectivity index (χ2n) is 3.98. The molecule has 0 radical (unpaired) electrons. The highest BCUT2D eigenvalue weighted by Crippen LogP contribution is 2.32. The molecule has 1 aliphatic heterocycles. The maximum absolute atomic E-state index is 13.6. The van der Waals surface area contributed by atoms with Gasteiger partial charge in [-0.2, -0.15) is 0 Å². The first-order valence-electron chi connectivity index (χ1n) is 5.53. The Morgan fingerprint density at radius 2 is 2.33 bits per heavy atom. The Labute approximate surface area is 90.1 Å². The lowest BCUT2D eigenvalue weighted by molar-refractivity contribution is 0.625. The van der Waals surface area contributed by atoms with Crippen molar-refractivity contribution >= 4 is 11.4 Å². The van der Waals surface area contributed by atoms with Crippen LogP contribution in [0, 0.1) is 5.82 Å². The third kappa shape index (κ3) is 1.78. The molecule has 0 fully saturated rings. The van der Waals surface area contributed by atoms with E-state index in [2.05, 4.69) is 24.1 Å². The summed E-state index contributed by atoms with van der Waals surface area (Å²) in [5.74, 6) is -0.153. The SMILES string of the molecule is CCN1c2cccc(F)c2NCCC1C. The van der Waals surface area contributed by atoms with Gasteiger partial charge >= 0.3 is 0 Å². The summed E-state index contributed by atoms with van der Waals surface area (Å²) >= 11 is 0. The van der Waals surface area contributed by atoms with E-state index in [9.17, 15) is 4.39 Å². The van der Waals surface area contributed by atoms with Crippen LogP contribution in [0.1, 0.15) is 20.3 Å². The van der Waals surface area contributed by atoms with Crippen molar-refractivity contribution in [2.45, 2.75) is 26.3 Å². The van der Waals surface area contributed by atoms with Gasteiger partial charge in [-0.25, -0.2) is 4.39 Å². The molecule has 3 heteroatoms. The molecule has 1 unspecified atom stereocenters. The van der Waals surface area contributed by atoms with Gasteiger partial charge in [-0.3, -0.25) is 0 Å². The Morgan fingerprint density at radius 1 is 1.53 bits per heavy atom. The van der Waals surface area contributed by atoms with Crippen molar-refractivity contribution in [3.63, 3.8) is 0 Å². The highest BCUT2D eigenvalue weighted by atomic mass is 19.1. The van der Waals surface area contributed by atoms with E-state index in [4.69, 9.17) is 0 Å². The fourth-order valence-electron chi connectivity index (χ4n) is 2.21. The summed E-state index contributed by atoms with van der Waals surface area (Å²) in [5, 5.41) is 3.17. The van der Waals surface area contributed by atoms with Gasteiger partial charge < -0.3 is 10.2 Å². The Bertz CT molecular complexity index is 351. The van der Waals surface area contributed by atoms with Gasteiger partial charge in [-0.05, 0) is 32.4 Å². The maximum atomic E-state index is 13.6. The molecule has 1 aromatic rings. The molecule has 0 aliphatic carbocycles. The zero-order valence-electron chi connectivity index (χ0n) is 9.26. The number of anilines is 2. The monoisotopic (exact) mass is 208 g/mol. The number of halogens is 1. The molecule has 0 saturated carbocycles. The molecule has 0 spiro atoms. The standard InChI is InChI=1S/C12H17FN2/c1-3-15-9(2)7-8-14-12-10(13)5-4-6-11(12)15/h4-6,9,14H,3,7-8H2,1-2H3. The number of rotatable bonds is 1. The van der Waals surface area contributed by atoms with Gasteiger partial charge in [-0.15, -0.1) is 0 Å². The van der Waals surface area contributed by atoms with Crippen LogP contribution in [-0.2, 0) is 0 Å². The molecule has 1 heterocycles. The lowest BCUT2D eigenvalue weighted by atomic mass is 10.2. The predicted molar refractivity (Wildman–Crippen MR) is 62.0 cm³/mol. The second kappa shape index (κ2) is 4.09. The summed E-state index contributed by atoms with van der Waals surface area (Å²) < 4.78 is 13.6. The van der Waals surface area contributed by atoms with E-state index in [0.717, 1.165) is 25.2 Å². The number of para-hydroxylation sites is 1. The number of hydrogen-bond donors (Lipinski definition) is 1. The molecular formula is C12H17FN2. The fraction of sp³-hybridized carbons (Fsp3) is 0.500. The van der Waals surface area contributed by atoms with E-state index in [1.165, 1.54) is 6.07 Å². The Hall–Kier alpha value is -1.25. The topological polar surface area (TPSA) is 15.3 Å². The van der Waals surface area contributed by atoms with Crippen LogP contribution in [0.2, 0.25) is 0 Å². The molecule has 2 rings (SSSR count). The summed E-state index contributed by atoms with van der Waals surface area (Å²) in [5.41, 5.74) is 1.64. The molecule has 2 nitrogen and oxygen atoms in total. The zero-order chi connectivity index (χ0) is 10.8. The minimum Gasteiger partial charge on any atom is -0.381 e. The smallest absolute Gasteiger partial charge is 0.148 e. The van der Waals surface area contributed by atoms with Crippen LogP contribution in [-0.4, -0.2) is 19.1 Å². The van der Waals surface area contributed by atoms with Gasteiger partial charge in [0.1, 0.15) is 5.82 Å². The van der Waals surface area contributed by atoms with Crippen molar-refractivity contribution in [3.05, 3.63) is 24.0 Å². The first kappa shape index (κ1) is 10.3. The van der Waals surface area contributed by atoms with Crippen molar-refractivity contribution in [2.75, 3.05) is 23.3 Å². The quantitative estimate of drug-likeness (QED) is 0.763. The minimum atomic E-state index is -0.153. The molecule has 0 amide bonds. The third-order valence-electron chi connectivity index (χ3n) is 3.04. The predicted octanol–water partition coefficient (Wildman–Crippen LogP) is 2.86. The van der Waals surface area contributed by atoms with Crippen molar-refractivity contribution in [1.82, 2.24) is 0 Å². The molecule has 0 bridgehead atoms. The van der Waals surface area contributed by atoms with E-state index in [0.29, 0.717) is 11.7 Å². The lowest BCUT2D eigenvalue weighted by Gasteiger charge is -2.28.